The molecule has 0 spiro atoms. The molecule has 1 heterocycles. The van der Waals surface area contributed by atoms with Gasteiger partial charge in [-0.05, 0) is 45.4 Å². The van der Waals surface area contributed by atoms with Crippen LogP contribution in [0.4, 0.5) is 5.69 Å². The van der Waals surface area contributed by atoms with Crippen molar-refractivity contribution in [2.75, 3.05) is 5.73 Å². The van der Waals surface area contributed by atoms with Gasteiger partial charge in [0.25, 0.3) is 5.56 Å². The minimum Gasteiger partial charge on any atom is -0.459 e. The smallest absolute Gasteiger partial charge is 0.326 e. The number of nitrogens with two attached hydrogens (primary N) is 1. The number of nitrogens with zero attached hydrogens (tertiary/aromatic N) is 1. The van der Waals surface area contributed by atoms with Crippen LogP contribution in [0.25, 0.3) is 10.9 Å². The number of nitrogen functional groups attached to an aromatic ring is 1. The van der Waals surface area contributed by atoms with Crippen LogP contribution in [0.3, 0.4) is 0 Å². The van der Waals surface area contributed by atoms with E-state index in [1.807, 2.05) is 13.0 Å². The molecule has 0 aliphatic rings. The van der Waals surface area contributed by atoms with Crippen molar-refractivity contribution in [3.63, 3.8) is 0 Å². The highest BCUT2D eigenvalue weighted by molar-refractivity contribution is 5.86. The van der Waals surface area contributed by atoms with Crippen molar-refractivity contribution in [1.29, 1.82) is 0 Å². The molecule has 2 N–H and O–H groups in total. The molecule has 0 fully saturated rings. The normalized spacial score (nSPS) is 11.6. The molecule has 2 rings (SSSR count). The Kier molecular flexibility index (Phi) is 3.77. The van der Waals surface area contributed by atoms with Gasteiger partial charge in [-0.25, -0.2) is 0 Å². The predicted molar refractivity (Wildman–Crippen MR) is 83.2 cm³/mol. The maximum absolute atomic E-state index is 12.2. The minimum atomic E-state index is -0.583. The van der Waals surface area contributed by atoms with Gasteiger partial charge in [-0.15, -0.1) is 0 Å². The first-order valence-corrected chi connectivity index (χ1v) is 6.79. The monoisotopic (exact) mass is 288 g/mol. The maximum atomic E-state index is 12.2. The lowest BCUT2D eigenvalue weighted by molar-refractivity contribution is -0.155. The van der Waals surface area contributed by atoms with E-state index < -0.39 is 11.6 Å². The van der Waals surface area contributed by atoms with Gasteiger partial charge in [-0.2, -0.15) is 0 Å². The van der Waals surface area contributed by atoms with Crippen molar-refractivity contribution in [3.05, 3.63) is 40.2 Å². The summed E-state index contributed by atoms with van der Waals surface area (Å²) in [6.45, 7) is 7.10. The number of pyridine rings is 1. The van der Waals surface area contributed by atoms with E-state index in [-0.39, 0.29) is 12.1 Å². The van der Waals surface area contributed by atoms with Crippen LogP contribution in [0, 0.1) is 6.92 Å². The van der Waals surface area contributed by atoms with Crippen molar-refractivity contribution in [1.82, 2.24) is 4.57 Å². The van der Waals surface area contributed by atoms with Gasteiger partial charge in [0.15, 0.2) is 0 Å². The number of ether oxygens (including phenoxy) is 1. The van der Waals surface area contributed by atoms with Gasteiger partial charge in [0.05, 0.1) is 5.52 Å². The van der Waals surface area contributed by atoms with Gasteiger partial charge in [0.2, 0.25) is 0 Å². The molecule has 0 saturated heterocycles. The number of benzene rings is 1. The van der Waals surface area contributed by atoms with E-state index in [2.05, 4.69) is 0 Å². The fourth-order valence-electron chi connectivity index (χ4n) is 2.23. The third-order valence-electron chi connectivity index (χ3n) is 3.05. The molecule has 112 valence electrons. The van der Waals surface area contributed by atoms with Gasteiger partial charge >= 0.3 is 5.97 Å². The Labute approximate surface area is 123 Å². The molecule has 2 aromatic rings. The Hall–Kier alpha value is -2.30. The van der Waals surface area contributed by atoms with E-state index in [9.17, 15) is 9.59 Å². The average Bonchev–Trinajstić information content (AvgIpc) is 2.31. The number of aromatic nitrogens is 1. The molecule has 0 amide bonds. The first kappa shape index (κ1) is 15.1. The second-order valence-electron chi connectivity index (χ2n) is 6.11. The van der Waals surface area contributed by atoms with Crippen LogP contribution in [0.1, 0.15) is 26.3 Å². The molecular formula is C16H20N2O3. The van der Waals surface area contributed by atoms with Crippen molar-refractivity contribution in [2.45, 2.75) is 39.8 Å². The Bertz CT molecular complexity index is 754. The van der Waals surface area contributed by atoms with Crippen LogP contribution in [0.15, 0.2) is 29.1 Å². The zero-order chi connectivity index (χ0) is 15.8. The summed E-state index contributed by atoms with van der Waals surface area (Å²) in [5.74, 6) is -0.447. The van der Waals surface area contributed by atoms with E-state index >= 15 is 0 Å². The molecule has 0 saturated carbocycles. The summed E-state index contributed by atoms with van der Waals surface area (Å²) in [6, 6.07) is 6.85. The van der Waals surface area contributed by atoms with Crippen LogP contribution in [-0.2, 0) is 16.1 Å². The lowest BCUT2D eigenvalue weighted by Gasteiger charge is -2.20. The zero-order valence-electron chi connectivity index (χ0n) is 12.8. The summed E-state index contributed by atoms with van der Waals surface area (Å²) in [5, 5.41) is 0.896. The Balaban J connectivity index is 2.51. The summed E-state index contributed by atoms with van der Waals surface area (Å²) in [7, 11) is 0. The number of hydrogen-bond donors (Lipinski definition) is 1. The summed E-state index contributed by atoms with van der Waals surface area (Å²) in [4.78, 5) is 24.2. The minimum absolute atomic E-state index is 0.129. The zero-order valence-corrected chi connectivity index (χ0v) is 12.8. The highest BCUT2D eigenvalue weighted by Crippen LogP contribution is 2.19. The molecule has 5 heteroatoms. The van der Waals surface area contributed by atoms with Crippen molar-refractivity contribution >= 4 is 22.6 Å². The molecule has 1 aromatic carbocycles. The van der Waals surface area contributed by atoms with E-state index in [4.69, 9.17) is 10.5 Å². The summed E-state index contributed by atoms with van der Waals surface area (Å²) in [6.07, 6.45) is 0. The number of fused-ring (bicyclic) bond motifs is 1. The van der Waals surface area contributed by atoms with E-state index in [1.54, 1.807) is 32.9 Å². The first-order valence-electron chi connectivity index (χ1n) is 6.79. The first-order chi connectivity index (χ1) is 9.67. The molecule has 0 unspecified atom stereocenters. The maximum Gasteiger partial charge on any atom is 0.326 e. The van der Waals surface area contributed by atoms with Gasteiger partial charge in [0.1, 0.15) is 12.1 Å². The Morgan fingerprint density at radius 2 is 1.95 bits per heavy atom. The lowest BCUT2D eigenvalue weighted by Crippen LogP contribution is -2.30. The average molecular weight is 288 g/mol. The number of rotatable bonds is 2. The van der Waals surface area contributed by atoms with Crippen molar-refractivity contribution in [3.8, 4) is 0 Å². The van der Waals surface area contributed by atoms with Crippen LogP contribution < -0.4 is 11.3 Å². The third-order valence-corrected chi connectivity index (χ3v) is 3.05. The predicted octanol–water partition coefficient (Wildman–Crippen LogP) is 2.23. The number of hydrogen-bond acceptors (Lipinski definition) is 4. The Morgan fingerprint density at radius 3 is 2.57 bits per heavy atom. The Morgan fingerprint density at radius 1 is 1.29 bits per heavy atom. The topological polar surface area (TPSA) is 74.3 Å². The molecule has 0 aliphatic carbocycles. The molecule has 5 nitrogen and oxygen atoms in total. The van der Waals surface area contributed by atoms with Gasteiger partial charge in [-0.3, -0.25) is 14.2 Å². The summed E-state index contributed by atoms with van der Waals surface area (Å²) < 4.78 is 6.67. The molecule has 0 radical (unpaired) electrons. The number of carbonyl (C=O) groups is 1. The van der Waals surface area contributed by atoms with Gasteiger partial charge in [0, 0.05) is 17.1 Å². The molecule has 1 aromatic heterocycles. The molecule has 21 heavy (non-hydrogen) atoms. The van der Waals surface area contributed by atoms with Crippen LogP contribution in [0.5, 0.6) is 0 Å². The molecule has 0 aliphatic heterocycles. The molecule has 0 bridgehead atoms. The van der Waals surface area contributed by atoms with Crippen molar-refractivity contribution < 1.29 is 9.53 Å². The second kappa shape index (κ2) is 5.24. The summed E-state index contributed by atoms with van der Waals surface area (Å²) in [5.41, 5.74) is 7.02. The number of aryl methyl sites for hydroxylation is 1. The number of anilines is 1. The quantitative estimate of drug-likeness (QED) is 0.679. The largest absolute Gasteiger partial charge is 0.459 e. The van der Waals surface area contributed by atoms with Crippen molar-refractivity contribution in [2.24, 2.45) is 0 Å². The fourth-order valence-corrected chi connectivity index (χ4v) is 2.23. The van der Waals surface area contributed by atoms with Crippen LogP contribution in [0.2, 0.25) is 0 Å². The second-order valence-corrected chi connectivity index (χ2v) is 6.11. The van der Waals surface area contributed by atoms with E-state index in [0.29, 0.717) is 11.2 Å². The highest BCUT2D eigenvalue weighted by Gasteiger charge is 2.18. The van der Waals surface area contributed by atoms with E-state index in [0.717, 1.165) is 10.9 Å². The standard InChI is InChI=1S/C16H20N2O3/c1-10-7-14(19)18(9-15(20)21-16(2,3)4)13-8-11(17)5-6-12(10)13/h5-8H,9,17H2,1-4H3. The number of esters is 1. The van der Waals surface area contributed by atoms with E-state index in [1.165, 1.54) is 10.6 Å². The third kappa shape index (κ3) is 3.42. The van der Waals surface area contributed by atoms with Crippen LogP contribution in [-0.4, -0.2) is 16.1 Å². The molecule has 0 atom stereocenters. The number of carbonyl (C=O) groups excluding carboxylic acids is 1. The fraction of sp³-hybridized carbons (Fsp3) is 0.375. The molecular weight excluding hydrogens is 268 g/mol. The van der Waals surface area contributed by atoms with Gasteiger partial charge in [-0.1, -0.05) is 6.07 Å². The van der Waals surface area contributed by atoms with Crippen LogP contribution >= 0.6 is 0 Å². The van der Waals surface area contributed by atoms with Gasteiger partial charge < -0.3 is 10.5 Å². The lowest BCUT2D eigenvalue weighted by atomic mass is 10.1. The SMILES string of the molecule is Cc1cc(=O)n(CC(=O)OC(C)(C)C)c2cc(N)ccc12. The summed E-state index contributed by atoms with van der Waals surface area (Å²) >= 11 is 0. The highest BCUT2D eigenvalue weighted by atomic mass is 16.6.